The van der Waals surface area contributed by atoms with Crippen molar-refractivity contribution in [1.29, 1.82) is 0 Å². The van der Waals surface area contributed by atoms with E-state index in [0.29, 0.717) is 5.82 Å². The first-order valence-electron chi connectivity index (χ1n) is 11.1. The fourth-order valence-electron chi connectivity index (χ4n) is 4.13. The van der Waals surface area contributed by atoms with Crippen LogP contribution >= 0.6 is 31.9 Å². The van der Waals surface area contributed by atoms with E-state index in [1.165, 1.54) is 0 Å². The van der Waals surface area contributed by atoms with Crippen LogP contribution in [0.1, 0.15) is 0 Å². The maximum absolute atomic E-state index is 5.00. The van der Waals surface area contributed by atoms with Crippen molar-refractivity contribution >= 4 is 42.9 Å². The Balaban J connectivity index is 1.57. The second kappa shape index (κ2) is 9.21. The first-order chi connectivity index (χ1) is 17.2. The Morgan fingerprint density at radius 3 is 1.86 bits per heavy atom. The molecule has 0 bridgehead atoms. The molecule has 0 radical (unpaired) electrons. The lowest BCUT2D eigenvalue weighted by Gasteiger charge is -2.11. The number of aromatic nitrogens is 4. The molecule has 0 aliphatic rings. The van der Waals surface area contributed by atoms with Crippen LogP contribution in [-0.2, 0) is 0 Å². The molecule has 0 saturated carbocycles. The Morgan fingerprint density at radius 1 is 0.543 bits per heavy atom. The number of halogens is 2. The SMILES string of the molecule is Brc1ccc(Br)c2[nH]c(-c3ccccc3-c3cc(-c4ccccc4)nc(-c4ccccc4)n3)nc12. The van der Waals surface area contributed by atoms with Gasteiger partial charge in [0, 0.05) is 31.2 Å². The number of hydrogen-bond acceptors (Lipinski definition) is 3. The number of fused-ring (bicyclic) bond motifs is 1. The molecule has 0 aliphatic heterocycles. The van der Waals surface area contributed by atoms with Gasteiger partial charge >= 0.3 is 0 Å². The number of benzene rings is 4. The van der Waals surface area contributed by atoms with Crippen molar-refractivity contribution in [3.8, 4) is 45.3 Å². The van der Waals surface area contributed by atoms with Gasteiger partial charge < -0.3 is 4.98 Å². The average molecular weight is 582 g/mol. The van der Waals surface area contributed by atoms with Gasteiger partial charge in [-0.05, 0) is 50.1 Å². The third kappa shape index (κ3) is 4.20. The van der Waals surface area contributed by atoms with Gasteiger partial charge in [-0.15, -0.1) is 0 Å². The summed E-state index contributed by atoms with van der Waals surface area (Å²) in [6, 6.07) is 34.5. The molecule has 35 heavy (non-hydrogen) atoms. The predicted octanol–water partition coefficient (Wildman–Crippen LogP) is 8.55. The van der Waals surface area contributed by atoms with Crippen molar-refractivity contribution in [2.24, 2.45) is 0 Å². The predicted molar refractivity (Wildman–Crippen MR) is 149 cm³/mol. The van der Waals surface area contributed by atoms with E-state index in [1.54, 1.807) is 0 Å². The smallest absolute Gasteiger partial charge is 0.160 e. The van der Waals surface area contributed by atoms with Crippen LogP contribution in [0.5, 0.6) is 0 Å². The first kappa shape index (κ1) is 21.9. The molecule has 4 nitrogen and oxygen atoms in total. The zero-order valence-electron chi connectivity index (χ0n) is 18.4. The van der Waals surface area contributed by atoms with E-state index < -0.39 is 0 Å². The highest BCUT2D eigenvalue weighted by atomic mass is 79.9. The van der Waals surface area contributed by atoms with Crippen LogP contribution in [-0.4, -0.2) is 19.9 Å². The monoisotopic (exact) mass is 580 g/mol. The van der Waals surface area contributed by atoms with Gasteiger partial charge in [-0.2, -0.15) is 0 Å². The van der Waals surface area contributed by atoms with E-state index in [1.807, 2.05) is 72.8 Å². The van der Waals surface area contributed by atoms with E-state index >= 15 is 0 Å². The minimum Gasteiger partial charge on any atom is -0.337 e. The summed E-state index contributed by atoms with van der Waals surface area (Å²) in [5.41, 5.74) is 7.51. The molecule has 6 heteroatoms. The van der Waals surface area contributed by atoms with E-state index in [-0.39, 0.29) is 0 Å². The third-order valence-electron chi connectivity index (χ3n) is 5.83. The number of nitrogens with zero attached hydrogens (tertiary/aromatic N) is 3. The molecule has 168 valence electrons. The molecule has 2 aromatic heterocycles. The Bertz CT molecular complexity index is 1560. The number of H-pyrrole nitrogens is 1. The minimum atomic E-state index is 0.687. The van der Waals surface area contributed by atoms with Gasteiger partial charge in [-0.1, -0.05) is 84.9 Å². The molecule has 4 aromatic carbocycles. The van der Waals surface area contributed by atoms with Gasteiger partial charge in [0.05, 0.1) is 16.9 Å². The van der Waals surface area contributed by atoms with Crippen molar-refractivity contribution in [1.82, 2.24) is 19.9 Å². The fraction of sp³-hybridized carbons (Fsp3) is 0. The van der Waals surface area contributed by atoms with Crippen LogP contribution in [0.2, 0.25) is 0 Å². The van der Waals surface area contributed by atoms with E-state index in [2.05, 4.69) is 67.2 Å². The summed E-state index contributed by atoms with van der Waals surface area (Å²) in [4.78, 5) is 18.3. The quantitative estimate of drug-likeness (QED) is 0.227. The summed E-state index contributed by atoms with van der Waals surface area (Å²) in [6.45, 7) is 0. The molecule has 6 aromatic rings. The summed E-state index contributed by atoms with van der Waals surface area (Å²) in [5, 5.41) is 0. The standard InChI is InChI=1S/C29H18Br2N4/c30-22-15-16-23(31)27-26(22)34-29(35-27)21-14-8-7-13-20(21)25-17-24(18-9-3-1-4-10-18)32-28(33-25)19-11-5-2-6-12-19/h1-17H,(H,34,35). The molecule has 0 amide bonds. The molecule has 1 N–H and O–H groups in total. The minimum absolute atomic E-state index is 0.687. The number of imidazole rings is 1. The lowest BCUT2D eigenvalue weighted by Crippen LogP contribution is -1.97. The topological polar surface area (TPSA) is 54.5 Å². The van der Waals surface area contributed by atoms with Gasteiger partial charge in [0.2, 0.25) is 0 Å². The molecule has 0 unspecified atom stereocenters. The van der Waals surface area contributed by atoms with Crippen LogP contribution in [0.3, 0.4) is 0 Å². The highest BCUT2D eigenvalue weighted by molar-refractivity contribution is 9.11. The van der Waals surface area contributed by atoms with Gasteiger partial charge in [0.25, 0.3) is 0 Å². The van der Waals surface area contributed by atoms with Crippen molar-refractivity contribution in [3.63, 3.8) is 0 Å². The maximum Gasteiger partial charge on any atom is 0.160 e. The zero-order chi connectivity index (χ0) is 23.8. The molecule has 0 fully saturated rings. The number of rotatable bonds is 4. The van der Waals surface area contributed by atoms with Crippen molar-refractivity contribution in [3.05, 3.63) is 112 Å². The first-order valence-corrected chi connectivity index (χ1v) is 12.7. The van der Waals surface area contributed by atoms with Crippen molar-refractivity contribution in [2.45, 2.75) is 0 Å². The largest absolute Gasteiger partial charge is 0.337 e. The second-order valence-corrected chi connectivity index (χ2v) is 9.79. The summed E-state index contributed by atoms with van der Waals surface area (Å²) in [7, 11) is 0. The van der Waals surface area contributed by atoms with Gasteiger partial charge in [-0.3, -0.25) is 0 Å². The average Bonchev–Trinajstić information content (AvgIpc) is 3.39. The molecule has 6 rings (SSSR count). The van der Waals surface area contributed by atoms with Crippen LogP contribution < -0.4 is 0 Å². The summed E-state index contributed by atoms with van der Waals surface area (Å²) in [6.07, 6.45) is 0. The Hall–Kier alpha value is -3.61. The number of nitrogens with one attached hydrogen (secondary N) is 1. The molecular weight excluding hydrogens is 564 g/mol. The highest BCUT2D eigenvalue weighted by Crippen LogP contribution is 2.36. The fourth-order valence-corrected chi connectivity index (χ4v) is 4.96. The number of aromatic amines is 1. The van der Waals surface area contributed by atoms with E-state index in [4.69, 9.17) is 15.0 Å². The molecule has 0 saturated heterocycles. The zero-order valence-corrected chi connectivity index (χ0v) is 21.6. The molecule has 0 atom stereocenters. The summed E-state index contributed by atoms with van der Waals surface area (Å²) >= 11 is 7.27. The van der Waals surface area contributed by atoms with Crippen molar-refractivity contribution in [2.75, 3.05) is 0 Å². The van der Waals surface area contributed by atoms with Gasteiger partial charge in [0.1, 0.15) is 11.3 Å². The van der Waals surface area contributed by atoms with Crippen LogP contribution in [0.15, 0.2) is 112 Å². The Kier molecular flexibility index (Phi) is 5.76. The lowest BCUT2D eigenvalue weighted by molar-refractivity contribution is 1.18. The normalized spacial score (nSPS) is 11.1. The van der Waals surface area contributed by atoms with Crippen LogP contribution in [0, 0.1) is 0 Å². The van der Waals surface area contributed by atoms with E-state index in [9.17, 15) is 0 Å². The van der Waals surface area contributed by atoms with Gasteiger partial charge in [0.15, 0.2) is 5.82 Å². The molecule has 0 spiro atoms. The summed E-state index contributed by atoms with van der Waals surface area (Å²) in [5.74, 6) is 1.47. The van der Waals surface area contributed by atoms with Gasteiger partial charge in [-0.25, -0.2) is 15.0 Å². The third-order valence-corrected chi connectivity index (χ3v) is 7.13. The van der Waals surface area contributed by atoms with Crippen LogP contribution in [0.25, 0.3) is 56.3 Å². The second-order valence-electron chi connectivity index (χ2n) is 8.08. The lowest BCUT2D eigenvalue weighted by atomic mass is 10.0. The van der Waals surface area contributed by atoms with E-state index in [0.717, 1.165) is 59.4 Å². The Labute approximate surface area is 219 Å². The summed E-state index contributed by atoms with van der Waals surface area (Å²) < 4.78 is 1.90. The molecule has 0 aliphatic carbocycles. The van der Waals surface area contributed by atoms with Crippen molar-refractivity contribution < 1.29 is 0 Å². The number of hydrogen-bond donors (Lipinski definition) is 1. The maximum atomic E-state index is 5.00. The Morgan fingerprint density at radius 2 is 1.14 bits per heavy atom. The van der Waals surface area contributed by atoms with Crippen LogP contribution in [0.4, 0.5) is 0 Å². The highest BCUT2D eigenvalue weighted by Gasteiger charge is 2.17. The molecule has 2 heterocycles. The molecular formula is C29H18Br2N4.